The summed E-state index contributed by atoms with van der Waals surface area (Å²) in [7, 11) is -3.96. The lowest BCUT2D eigenvalue weighted by atomic mass is 9.83. The van der Waals surface area contributed by atoms with Crippen LogP contribution < -0.4 is 0 Å². The van der Waals surface area contributed by atoms with Crippen LogP contribution in [0.5, 0.6) is 0 Å². The predicted molar refractivity (Wildman–Crippen MR) is 138 cm³/mol. The number of phosphoric acid groups is 1. The largest absolute Gasteiger partial charge is 0.476 e. The Kier molecular flexibility index (Phi) is 7.75. The molecule has 3 fully saturated rings. The molecule has 3 aromatic carbocycles. The maximum atomic E-state index is 13.8. The SMILES string of the molecule is C[C@@H]1O[C@@H]2[C@H](OCc3ccccc3)[C@H](OCc3ccccc3)[C@H]3O[P@@](=O)(OCc4ccccc4)O[C@@H]2[C@H]3O1. The maximum absolute atomic E-state index is 13.8. The average Bonchev–Trinajstić information content (AvgIpc) is 2.94. The first-order valence-electron chi connectivity index (χ1n) is 12.9. The highest BCUT2D eigenvalue weighted by molar-refractivity contribution is 7.48. The zero-order valence-corrected chi connectivity index (χ0v) is 21.9. The van der Waals surface area contributed by atoms with Gasteiger partial charge in [0.1, 0.15) is 36.6 Å². The lowest BCUT2D eigenvalue weighted by Gasteiger charge is -2.56. The van der Waals surface area contributed by atoms with E-state index in [0.717, 1.165) is 16.7 Å². The second-order valence-electron chi connectivity index (χ2n) is 9.64. The third-order valence-electron chi connectivity index (χ3n) is 6.94. The van der Waals surface area contributed by atoms with Crippen LogP contribution in [0.3, 0.4) is 0 Å². The topological polar surface area (TPSA) is 81.7 Å². The fourth-order valence-electron chi connectivity index (χ4n) is 5.17. The van der Waals surface area contributed by atoms with Gasteiger partial charge in [0.15, 0.2) is 6.29 Å². The first-order valence-corrected chi connectivity index (χ1v) is 14.3. The third-order valence-corrected chi connectivity index (χ3v) is 8.39. The molecule has 0 amide bonds. The van der Waals surface area contributed by atoms with E-state index in [0.29, 0.717) is 13.2 Å². The Balaban J connectivity index is 1.27. The molecule has 38 heavy (non-hydrogen) atoms. The fourth-order valence-corrected chi connectivity index (χ4v) is 6.73. The fraction of sp³-hybridized carbons (Fsp3) is 0.379. The molecule has 0 N–H and O–H groups in total. The van der Waals surface area contributed by atoms with Gasteiger partial charge in [-0.05, 0) is 23.6 Å². The Morgan fingerprint density at radius 2 is 1.05 bits per heavy atom. The van der Waals surface area contributed by atoms with Crippen molar-refractivity contribution >= 4 is 7.82 Å². The van der Waals surface area contributed by atoms with Crippen molar-refractivity contribution in [3.8, 4) is 0 Å². The van der Waals surface area contributed by atoms with Crippen LogP contribution in [0.2, 0.25) is 0 Å². The van der Waals surface area contributed by atoms with Crippen molar-refractivity contribution in [2.75, 3.05) is 0 Å². The van der Waals surface area contributed by atoms with Crippen molar-refractivity contribution in [1.29, 1.82) is 0 Å². The standard InChI is InChI=1S/C29H31O8P/c1-20-34-26-24(31-17-21-11-5-2-6-12-21)25(32-18-22-13-7-3-8-14-22)28-27(35-20)29(26)37-38(30,36-28)33-19-23-15-9-4-10-16-23/h2-16,20,24-29H,17-19H2,1H3/t20-,24-,25+,26-,27+,28-,29+,38-/m1/s1. The van der Waals surface area contributed by atoms with Crippen molar-refractivity contribution in [2.24, 2.45) is 0 Å². The minimum absolute atomic E-state index is 0.0779. The van der Waals surface area contributed by atoms with Gasteiger partial charge in [0.25, 0.3) is 0 Å². The van der Waals surface area contributed by atoms with Gasteiger partial charge in [-0.2, -0.15) is 0 Å². The average molecular weight is 539 g/mol. The van der Waals surface area contributed by atoms with Gasteiger partial charge in [-0.25, -0.2) is 4.57 Å². The number of rotatable bonds is 9. The van der Waals surface area contributed by atoms with Gasteiger partial charge in [-0.1, -0.05) is 91.0 Å². The molecular formula is C29H31O8P. The van der Waals surface area contributed by atoms with Gasteiger partial charge in [0.05, 0.1) is 19.8 Å². The van der Waals surface area contributed by atoms with Gasteiger partial charge in [0.2, 0.25) is 0 Å². The molecule has 200 valence electrons. The summed E-state index contributed by atoms with van der Waals surface area (Å²) in [5, 5.41) is 0. The molecule has 4 bridgehead atoms. The van der Waals surface area contributed by atoms with Crippen LogP contribution in [0.4, 0.5) is 0 Å². The van der Waals surface area contributed by atoms with Crippen LogP contribution in [0.15, 0.2) is 91.0 Å². The molecule has 0 aromatic heterocycles. The van der Waals surface area contributed by atoms with Crippen molar-refractivity contribution in [3.05, 3.63) is 108 Å². The minimum atomic E-state index is -3.96. The monoisotopic (exact) mass is 538 g/mol. The summed E-state index contributed by atoms with van der Waals surface area (Å²) in [6.07, 6.45) is -4.32. The number of benzene rings is 3. The second kappa shape index (κ2) is 11.4. The Hall–Kier alpha value is -2.39. The molecule has 8 atom stereocenters. The van der Waals surface area contributed by atoms with E-state index in [2.05, 4.69) is 0 Å². The third kappa shape index (κ3) is 5.64. The van der Waals surface area contributed by atoms with Gasteiger partial charge < -0.3 is 18.9 Å². The first kappa shape index (κ1) is 25.9. The number of phosphoric ester groups is 1. The highest BCUT2D eigenvalue weighted by atomic mass is 31.2. The maximum Gasteiger partial charge on any atom is 0.476 e. The second-order valence-corrected chi connectivity index (χ2v) is 11.2. The van der Waals surface area contributed by atoms with E-state index in [-0.39, 0.29) is 6.61 Å². The molecule has 3 aliphatic rings. The van der Waals surface area contributed by atoms with Crippen LogP contribution in [0.1, 0.15) is 23.6 Å². The molecule has 2 aliphatic heterocycles. The molecular weight excluding hydrogens is 507 g/mol. The van der Waals surface area contributed by atoms with Crippen LogP contribution in [-0.4, -0.2) is 42.9 Å². The zero-order chi connectivity index (χ0) is 26.0. The zero-order valence-electron chi connectivity index (χ0n) is 21.0. The molecule has 1 aliphatic carbocycles. The molecule has 8 nitrogen and oxygen atoms in total. The molecule has 2 heterocycles. The van der Waals surface area contributed by atoms with Crippen molar-refractivity contribution in [3.63, 3.8) is 0 Å². The molecule has 3 aromatic rings. The van der Waals surface area contributed by atoms with E-state index >= 15 is 0 Å². The normalized spacial score (nSPS) is 34.1. The van der Waals surface area contributed by atoms with E-state index < -0.39 is 50.7 Å². The Labute approximate surface area is 222 Å². The van der Waals surface area contributed by atoms with Crippen molar-refractivity contribution in [2.45, 2.75) is 69.7 Å². The number of hydrogen-bond donors (Lipinski definition) is 0. The summed E-state index contributed by atoms with van der Waals surface area (Å²) in [6, 6.07) is 29.2. The summed E-state index contributed by atoms with van der Waals surface area (Å²) in [6.45, 7) is 2.55. The van der Waals surface area contributed by atoms with Gasteiger partial charge in [-0.3, -0.25) is 13.6 Å². The van der Waals surface area contributed by atoms with Gasteiger partial charge >= 0.3 is 7.82 Å². The number of ether oxygens (including phenoxy) is 4. The van der Waals surface area contributed by atoms with Crippen molar-refractivity contribution in [1.82, 2.24) is 0 Å². The predicted octanol–water partition coefficient (Wildman–Crippen LogP) is 5.41. The molecule has 9 heteroatoms. The van der Waals surface area contributed by atoms with E-state index in [9.17, 15) is 4.57 Å². The van der Waals surface area contributed by atoms with Crippen molar-refractivity contribution < 1.29 is 37.1 Å². The minimum Gasteiger partial charge on any atom is -0.368 e. The Morgan fingerprint density at radius 1 is 0.605 bits per heavy atom. The highest BCUT2D eigenvalue weighted by Gasteiger charge is 2.64. The molecule has 0 radical (unpaired) electrons. The Morgan fingerprint density at radius 3 is 1.61 bits per heavy atom. The lowest BCUT2D eigenvalue weighted by molar-refractivity contribution is -0.364. The molecule has 0 unspecified atom stereocenters. The summed E-state index contributed by atoms with van der Waals surface area (Å²) in [5.74, 6) is 0. The summed E-state index contributed by atoms with van der Waals surface area (Å²) >= 11 is 0. The van der Waals surface area contributed by atoms with E-state index in [1.165, 1.54) is 0 Å². The van der Waals surface area contributed by atoms with Gasteiger partial charge in [-0.15, -0.1) is 0 Å². The molecule has 2 saturated heterocycles. The van der Waals surface area contributed by atoms with E-state index in [4.69, 9.17) is 32.5 Å². The summed E-state index contributed by atoms with van der Waals surface area (Å²) in [4.78, 5) is 0. The molecule has 1 saturated carbocycles. The Bertz CT molecular complexity index is 1230. The first-order chi connectivity index (χ1) is 18.6. The molecule has 0 spiro atoms. The van der Waals surface area contributed by atoms with Crippen LogP contribution in [-0.2, 0) is 56.9 Å². The summed E-state index contributed by atoms with van der Waals surface area (Å²) < 4.78 is 56.8. The smallest absolute Gasteiger partial charge is 0.368 e. The number of hydrogen-bond acceptors (Lipinski definition) is 8. The molecule has 6 rings (SSSR count). The van der Waals surface area contributed by atoms with Crippen LogP contribution >= 0.6 is 7.82 Å². The van der Waals surface area contributed by atoms with Crippen LogP contribution in [0.25, 0.3) is 0 Å². The van der Waals surface area contributed by atoms with E-state index in [1.54, 1.807) is 0 Å². The van der Waals surface area contributed by atoms with E-state index in [1.807, 2.05) is 97.9 Å². The highest BCUT2D eigenvalue weighted by Crippen LogP contribution is 2.60. The van der Waals surface area contributed by atoms with Gasteiger partial charge in [0, 0.05) is 0 Å². The quantitative estimate of drug-likeness (QED) is 0.335. The lowest BCUT2D eigenvalue weighted by Crippen LogP contribution is -2.72. The van der Waals surface area contributed by atoms with Crippen LogP contribution in [0, 0.1) is 0 Å². The summed E-state index contributed by atoms with van der Waals surface area (Å²) in [5.41, 5.74) is 2.86.